The molecule has 1 aliphatic rings. The first-order valence-electron chi connectivity index (χ1n) is 12.8. The molecule has 3 aromatic carbocycles. The molecule has 0 bridgehead atoms. The number of carboxylic acids is 1. The lowest BCUT2D eigenvalue weighted by molar-refractivity contribution is -0.146. The van der Waals surface area contributed by atoms with Gasteiger partial charge in [-0.15, -0.1) is 0 Å². The first-order chi connectivity index (χ1) is 19.2. The van der Waals surface area contributed by atoms with Crippen molar-refractivity contribution in [3.8, 4) is 0 Å². The molecule has 10 heteroatoms. The van der Waals surface area contributed by atoms with E-state index in [1.54, 1.807) is 42.5 Å². The van der Waals surface area contributed by atoms with Gasteiger partial charge in [0, 0.05) is 21.3 Å². The molecular weight excluding hydrogens is 553 g/mol. The standard InChI is InChI=1S/C30H29Cl2N3O5/c31-23-14-24(32)16-25(15-23)34-30(40)35-27(20-8-6-19(7-9-20)18-4-2-1-3-5-18)21-10-12-22(13-11-21)28(37)33-17-26(36)29(38)39/h4,6-16,26-27,36H,1-3,5,17H2,(H,33,37)(H,38,39)(H2,34,35,40)/t26-,27?/m1/s1. The fourth-order valence-corrected chi connectivity index (χ4v) is 5.01. The summed E-state index contributed by atoms with van der Waals surface area (Å²) in [6.45, 7) is -0.420. The Morgan fingerprint density at radius 1 is 0.875 bits per heavy atom. The minimum Gasteiger partial charge on any atom is -0.479 e. The summed E-state index contributed by atoms with van der Waals surface area (Å²) in [6, 6.07) is 18.3. The number of halogens is 2. The molecule has 0 spiro atoms. The van der Waals surface area contributed by atoms with E-state index in [1.165, 1.54) is 18.4 Å². The molecule has 2 atom stereocenters. The quantitative estimate of drug-likeness (QED) is 0.210. The highest BCUT2D eigenvalue weighted by molar-refractivity contribution is 6.35. The Balaban J connectivity index is 1.56. The Labute approximate surface area is 242 Å². The van der Waals surface area contributed by atoms with E-state index in [-0.39, 0.29) is 5.56 Å². The van der Waals surface area contributed by atoms with Gasteiger partial charge in [0.1, 0.15) is 0 Å². The van der Waals surface area contributed by atoms with Crippen molar-refractivity contribution < 1.29 is 24.6 Å². The molecule has 0 aliphatic heterocycles. The average molecular weight is 582 g/mol. The molecule has 0 radical (unpaired) electrons. The normalized spacial score (nSPS) is 14.4. The highest BCUT2D eigenvalue weighted by Gasteiger charge is 2.20. The van der Waals surface area contributed by atoms with Crippen LogP contribution in [0.4, 0.5) is 10.5 Å². The van der Waals surface area contributed by atoms with Crippen LogP contribution in [0.25, 0.3) is 5.57 Å². The summed E-state index contributed by atoms with van der Waals surface area (Å²) in [5, 5.41) is 27.1. The predicted octanol–water partition coefficient (Wildman–Crippen LogP) is 6.04. The SMILES string of the molecule is O=C(Nc1cc(Cl)cc(Cl)c1)NC(c1ccc(C(=O)NC[C@@H](O)C(=O)O)cc1)c1ccc(C2=CCCCC2)cc1. The second-order valence-corrected chi connectivity index (χ2v) is 10.3. The van der Waals surface area contributed by atoms with E-state index >= 15 is 0 Å². The number of anilines is 1. The van der Waals surface area contributed by atoms with Gasteiger partial charge in [0.2, 0.25) is 0 Å². The molecule has 208 valence electrons. The van der Waals surface area contributed by atoms with E-state index in [0.717, 1.165) is 24.0 Å². The van der Waals surface area contributed by atoms with Crippen LogP contribution >= 0.6 is 23.2 Å². The summed E-state index contributed by atoms with van der Waals surface area (Å²) in [4.78, 5) is 36.3. The van der Waals surface area contributed by atoms with Crippen LogP contribution in [0.3, 0.4) is 0 Å². The van der Waals surface area contributed by atoms with Gasteiger partial charge in [-0.05, 0) is 78.3 Å². The molecule has 1 unspecified atom stereocenters. The highest BCUT2D eigenvalue weighted by atomic mass is 35.5. The third kappa shape index (κ3) is 7.85. The van der Waals surface area contributed by atoms with E-state index < -0.39 is 36.6 Å². The number of hydrogen-bond donors (Lipinski definition) is 5. The monoisotopic (exact) mass is 581 g/mol. The lowest BCUT2D eigenvalue weighted by atomic mass is 9.91. The van der Waals surface area contributed by atoms with Gasteiger partial charge >= 0.3 is 12.0 Å². The number of rotatable bonds is 9. The fraction of sp³-hybridized carbons (Fsp3) is 0.233. The molecule has 1 aliphatic carbocycles. The second-order valence-electron chi connectivity index (χ2n) is 9.47. The maximum absolute atomic E-state index is 13.0. The topological polar surface area (TPSA) is 128 Å². The molecule has 4 rings (SSSR count). The van der Waals surface area contributed by atoms with Crippen molar-refractivity contribution in [2.75, 3.05) is 11.9 Å². The van der Waals surface area contributed by atoms with Crippen LogP contribution in [0, 0.1) is 0 Å². The summed E-state index contributed by atoms with van der Waals surface area (Å²) in [5.74, 6) is -1.95. The van der Waals surface area contributed by atoms with Crippen molar-refractivity contribution in [3.63, 3.8) is 0 Å². The molecule has 8 nitrogen and oxygen atoms in total. The van der Waals surface area contributed by atoms with Gasteiger partial charge in [0.05, 0.1) is 12.6 Å². The van der Waals surface area contributed by atoms with Crippen LogP contribution in [0.1, 0.15) is 58.8 Å². The van der Waals surface area contributed by atoms with Crippen LogP contribution in [0.2, 0.25) is 10.0 Å². The van der Waals surface area contributed by atoms with Crippen LogP contribution in [-0.4, -0.2) is 40.8 Å². The van der Waals surface area contributed by atoms with Gasteiger partial charge in [-0.2, -0.15) is 0 Å². The molecule has 0 fully saturated rings. The van der Waals surface area contributed by atoms with Crippen molar-refractivity contribution in [2.24, 2.45) is 0 Å². The third-order valence-corrected chi connectivity index (χ3v) is 6.99. The predicted molar refractivity (Wildman–Crippen MR) is 156 cm³/mol. The summed E-state index contributed by atoms with van der Waals surface area (Å²) < 4.78 is 0. The fourth-order valence-electron chi connectivity index (χ4n) is 4.48. The number of allylic oxidation sites excluding steroid dienone is 2. The van der Waals surface area contributed by atoms with Crippen molar-refractivity contribution in [3.05, 3.63) is 105 Å². The lowest BCUT2D eigenvalue weighted by Crippen LogP contribution is -2.36. The molecule has 40 heavy (non-hydrogen) atoms. The van der Waals surface area contributed by atoms with Gasteiger partial charge in [-0.3, -0.25) is 4.79 Å². The maximum atomic E-state index is 13.0. The van der Waals surface area contributed by atoms with Gasteiger partial charge in [-0.1, -0.05) is 65.7 Å². The Kier molecular flexibility index (Phi) is 9.82. The molecular formula is C30H29Cl2N3O5. The summed E-state index contributed by atoms with van der Waals surface area (Å²) in [6.07, 6.45) is 5.06. The van der Waals surface area contributed by atoms with E-state index in [1.807, 2.05) is 24.3 Å². The molecule has 5 N–H and O–H groups in total. The summed E-state index contributed by atoms with van der Waals surface area (Å²) in [7, 11) is 0. The number of aliphatic hydroxyl groups is 1. The minimum atomic E-state index is -1.70. The zero-order chi connectivity index (χ0) is 28.6. The number of carboxylic acid groups (broad SMARTS) is 1. The Hall–Kier alpha value is -3.85. The number of benzene rings is 3. The first kappa shape index (κ1) is 29.1. The third-order valence-electron chi connectivity index (χ3n) is 6.55. The maximum Gasteiger partial charge on any atom is 0.334 e. The summed E-state index contributed by atoms with van der Waals surface area (Å²) >= 11 is 12.1. The first-order valence-corrected chi connectivity index (χ1v) is 13.6. The van der Waals surface area contributed by atoms with Gasteiger partial charge < -0.3 is 26.2 Å². The number of amides is 3. The molecule has 3 amide bonds. The number of aliphatic carboxylic acids is 1. The summed E-state index contributed by atoms with van der Waals surface area (Å²) in [5.41, 5.74) is 4.73. The number of aliphatic hydroxyl groups excluding tert-OH is 1. The number of carbonyl (C=O) groups excluding carboxylic acids is 2. The lowest BCUT2D eigenvalue weighted by Gasteiger charge is -2.22. The van der Waals surface area contributed by atoms with E-state index in [9.17, 15) is 19.5 Å². The van der Waals surface area contributed by atoms with Crippen molar-refractivity contribution in [1.82, 2.24) is 10.6 Å². The minimum absolute atomic E-state index is 0.276. The van der Waals surface area contributed by atoms with Crippen molar-refractivity contribution >= 4 is 52.4 Å². The smallest absolute Gasteiger partial charge is 0.334 e. The zero-order valence-corrected chi connectivity index (χ0v) is 23.0. The Morgan fingerprint density at radius 2 is 1.50 bits per heavy atom. The van der Waals surface area contributed by atoms with Crippen LogP contribution in [0.5, 0.6) is 0 Å². The van der Waals surface area contributed by atoms with Gasteiger partial charge in [0.15, 0.2) is 6.10 Å². The highest BCUT2D eigenvalue weighted by Crippen LogP contribution is 2.30. The average Bonchev–Trinajstić information content (AvgIpc) is 2.94. The van der Waals surface area contributed by atoms with E-state index in [4.69, 9.17) is 28.3 Å². The van der Waals surface area contributed by atoms with Crippen molar-refractivity contribution in [2.45, 2.75) is 37.8 Å². The largest absolute Gasteiger partial charge is 0.479 e. The molecule has 3 aromatic rings. The molecule has 0 saturated heterocycles. The van der Waals surface area contributed by atoms with Crippen molar-refractivity contribution in [1.29, 1.82) is 0 Å². The number of carbonyl (C=O) groups is 3. The van der Waals surface area contributed by atoms with Crippen LogP contribution in [0.15, 0.2) is 72.8 Å². The molecule has 0 saturated carbocycles. The number of urea groups is 1. The van der Waals surface area contributed by atoms with Gasteiger partial charge in [0.25, 0.3) is 5.91 Å². The number of hydrogen-bond acceptors (Lipinski definition) is 4. The Morgan fingerprint density at radius 3 is 2.08 bits per heavy atom. The molecule has 0 heterocycles. The van der Waals surface area contributed by atoms with E-state index in [2.05, 4.69) is 22.0 Å². The Bertz CT molecular complexity index is 1390. The van der Waals surface area contributed by atoms with Gasteiger partial charge in [-0.25, -0.2) is 9.59 Å². The van der Waals surface area contributed by atoms with Crippen LogP contribution < -0.4 is 16.0 Å². The zero-order valence-electron chi connectivity index (χ0n) is 21.5. The van der Waals surface area contributed by atoms with Crippen LogP contribution in [-0.2, 0) is 4.79 Å². The number of nitrogens with one attached hydrogen (secondary N) is 3. The van der Waals surface area contributed by atoms with E-state index in [0.29, 0.717) is 21.3 Å². The second kappa shape index (κ2) is 13.5. The molecule has 0 aromatic heterocycles.